The molecule has 3 nitrogen and oxygen atoms in total. The normalized spacial score (nSPS) is 10.5. The predicted molar refractivity (Wildman–Crippen MR) is 90.6 cm³/mol. The van der Waals surface area contributed by atoms with Gasteiger partial charge in [-0.25, -0.2) is 8.78 Å². The first-order chi connectivity index (χ1) is 12.1. The first-order valence-electron chi connectivity index (χ1n) is 7.80. The fourth-order valence-corrected chi connectivity index (χ4v) is 2.55. The predicted octanol–water partition coefficient (Wildman–Crippen LogP) is 4.20. The lowest BCUT2D eigenvalue weighted by atomic mass is 10.1. The van der Waals surface area contributed by atoms with Crippen LogP contribution in [0.15, 0.2) is 73.1 Å². The van der Waals surface area contributed by atoms with Crippen molar-refractivity contribution >= 4 is 5.91 Å². The molecule has 5 heteroatoms. The minimum absolute atomic E-state index is 0.0803. The largest absolute Gasteiger partial charge is 0.330 e. The molecule has 0 radical (unpaired) electrons. The molecule has 25 heavy (non-hydrogen) atoms. The van der Waals surface area contributed by atoms with Gasteiger partial charge >= 0.3 is 0 Å². The number of nitrogens with zero attached hydrogens (tertiary/aromatic N) is 2. The summed E-state index contributed by atoms with van der Waals surface area (Å²) in [5.41, 5.74) is 1.43. The van der Waals surface area contributed by atoms with E-state index in [2.05, 4.69) is 4.98 Å². The van der Waals surface area contributed by atoms with Crippen LogP contribution < -0.4 is 0 Å². The summed E-state index contributed by atoms with van der Waals surface area (Å²) in [4.78, 5) is 18.3. The van der Waals surface area contributed by atoms with E-state index in [0.29, 0.717) is 5.56 Å². The zero-order valence-corrected chi connectivity index (χ0v) is 13.4. The van der Waals surface area contributed by atoms with Crippen LogP contribution in [0.5, 0.6) is 0 Å². The Morgan fingerprint density at radius 3 is 2.52 bits per heavy atom. The number of benzene rings is 2. The van der Waals surface area contributed by atoms with E-state index in [4.69, 9.17) is 0 Å². The summed E-state index contributed by atoms with van der Waals surface area (Å²) in [6.07, 6.45) is 3.28. The number of carbonyl (C=O) groups is 1. The first-order valence-corrected chi connectivity index (χ1v) is 7.80. The third kappa shape index (κ3) is 4.26. The molecule has 0 saturated heterocycles. The topological polar surface area (TPSA) is 33.2 Å². The molecule has 1 amide bonds. The second-order valence-electron chi connectivity index (χ2n) is 5.62. The molecule has 1 aromatic heterocycles. The van der Waals surface area contributed by atoms with E-state index in [0.717, 1.165) is 5.56 Å². The molecule has 1 heterocycles. The Bertz CT molecular complexity index is 868. The zero-order valence-electron chi connectivity index (χ0n) is 13.4. The fraction of sp³-hybridized carbons (Fsp3) is 0.100. The summed E-state index contributed by atoms with van der Waals surface area (Å²) in [5.74, 6) is -1.24. The highest BCUT2D eigenvalue weighted by atomic mass is 19.1. The number of hydrogen-bond acceptors (Lipinski definition) is 2. The molecule has 0 aliphatic carbocycles. The Kier molecular flexibility index (Phi) is 5.14. The van der Waals surface area contributed by atoms with Crippen molar-refractivity contribution in [1.29, 1.82) is 0 Å². The Morgan fingerprint density at radius 1 is 0.960 bits per heavy atom. The van der Waals surface area contributed by atoms with Gasteiger partial charge in [0.1, 0.15) is 11.6 Å². The van der Waals surface area contributed by atoms with Crippen molar-refractivity contribution in [3.8, 4) is 0 Å². The highest BCUT2D eigenvalue weighted by Gasteiger charge is 2.18. The molecule has 0 bridgehead atoms. The van der Waals surface area contributed by atoms with E-state index in [1.165, 1.54) is 29.2 Å². The second kappa shape index (κ2) is 7.66. The molecule has 0 unspecified atom stereocenters. The van der Waals surface area contributed by atoms with Crippen molar-refractivity contribution in [2.75, 3.05) is 0 Å². The Labute approximate surface area is 144 Å². The number of carbonyl (C=O) groups excluding carboxylic acids is 1. The Balaban J connectivity index is 1.91. The highest BCUT2D eigenvalue weighted by molar-refractivity contribution is 5.94. The van der Waals surface area contributed by atoms with Crippen molar-refractivity contribution in [3.05, 3.63) is 101 Å². The summed E-state index contributed by atoms with van der Waals surface area (Å²) in [6.45, 7) is 0.328. The summed E-state index contributed by atoms with van der Waals surface area (Å²) in [6, 6.07) is 15.4. The van der Waals surface area contributed by atoms with E-state index < -0.39 is 5.82 Å². The average molecular weight is 338 g/mol. The van der Waals surface area contributed by atoms with Crippen molar-refractivity contribution in [2.24, 2.45) is 0 Å². The van der Waals surface area contributed by atoms with Gasteiger partial charge in [0.15, 0.2) is 0 Å². The SMILES string of the molecule is O=C(c1cccc(F)c1)N(Cc1cccnc1)Cc1ccccc1F. The highest BCUT2D eigenvalue weighted by Crippen LogP contribution is 2.16. The quantitative estimate of drug-likeness (QED) is 0.698. The van der Waals surface area contributed by atoms with Crippen LogP contribution in [0.4, 0.5) is 8.78 Å². The van der Waals surface area contributed by atoms with Gasteiger partial charge in [-0.05, 0) is 35.9 Å². The first kappa shape index (κ1) is 16.8. The molecule has 3 rings (SSSR count). The summed E-state index contributed by atoms with van der Waals surface area (Å²) in [7, 11) is 0. The van der Waals surface area contributed by atoms with Crippen molar-refractivity contribution in [1.82, 2.24) is 9.88 Å². The van der Waals surface area contributed by atoms with Crippen molar-refractivity contribution < 1.29 is 13.6 Å². The molecule has 2 aromatic carbocycles. The molecule has 0 spiro atoms. The molecule has 126 valence electrons. The van der Waals surface area contributed by atoms with Gasteiger partial charge in [0, 0.05) is 36.6 Å². The van der Waals surface area contributed by atoms with Crippen molar-refractivity contribution in [3.63, 3.8) is 0 Å². The third-order valence-electron chi connectivity index (χ3n) is 3.77. The van der Waals surface area contributed by atoms with Crippen LogP contribution in [0.25, 0.3) is 0 Å². The lowest BCUT2D eigenvalue weighted by Gasteiger charge is -2.23. The number of rotatable bonds is 5. The number of aromatic nitrogens is 1. The third-order valence-corrected chi connectivity index (χ3v) is 3.77. The van der Waals surface area contributed by atoms with Crippen LogP contribution in [0.3, 0.4) is 0 Å². The van der Waals surface area contributed by atoms with Gasteiger partial charge in [0.25, 0.3) is 5.91 Å². The van der Waals surface area contributed by atoms with E-state index in [1.807, 2.05) is 6.07 Å². The smallest absolute Gasteiger partial charge is 0.254 e. The van der Waals surface area contributed by atoms with Gasteiger partial charge in [-0.2, -0.15) is 0 Å². The molecule has 3 aromatic rings. The van der Waals surface area contributed by atoms with Gasteiger partial charge in [-0.1, -0.05) is 30.3 Å². The van der Waals surface area contributed by atoms with Gasteiger partial charge in [-0.3, -0.25) is 9.78 Å². The Hall–Kier alpha value is -3.08. The zero-order chi connectivity index (χ0) is 17.6. The van der Waals surface area contributed by atoms with Gasteiger partial charge in [-0.15, -0.1) is 0 Å². The number of pyridine rings is 1. The van der Waals surface area contributed by atoms with E-state index in [1.54, 1.807) is 42.7 Å². The molecule has 0 aliphatic heterocycles. The number of halogens is 2. The molecule has 0 N–H and O–H groups in total. The fourth-order valence-electron chi connectivity index (χ4n) is 2.55. The molecule has 0 fully saturated rings. The van der Waals surface area contributed by atoms with Gasteiger partial charge < -0.3 is 4.90 Å². The maximum absolute atomic E-state index is 14.0. The minimum Gasteiger partial charge on any atom is -0.330 e. The molecular weight excluding hydrogens is 322 g/mol. The van der Waals surface area contributed by atoms with E-state index in [-0.39, 0.29) is 30.4 Å². The van der Waals surface area contributed by atoms with Crippen LogP contribution in [0, 0.1) is 11.6 Å². The van der Waals surface area contributed by atoms with Crippen molar-refractivity contribution in [2.45, 2.75) is 13.1 Å². The van der Waals surface area contributed by atoms with Crippen LogP contribution in [0.1, 0.15) is 21.5 Å². The van der Waals surface area contributed by atoms with E-state index in [9.17, 15) is 13.6 Å². The van der Waals surface area contributed by atoms with E-state index >= 15 is 0 Å². The molecule has 0 atom stereocenters. The lowest BCUT2D eigenvalue weighted by Crippen LogP contribution is -2.30. The summed E-state index contributed by atoms with van der Waals surface area (Å²) in [5, 5.41) is 0. The summed E-state index contributed by atoms with van der Waals surface area (Å²) < 4.78 is 27.5. The summed E-state index contributed by atoms with van der Waals surface area (Å²) >= 11 is 0. The monoisotopic (exact) mass is 338 g/mol. The lowest BCUT2D eigenvalue weighted by molar-refractivity contribution is 0.0727. The standard InChI is InChI=1S/C20H16F2N2O/c21-18-8-3-7-16(11-18)20(25)24(13-15-5-4-10-23-12-15)14-17-6-1-2-9-19(17)22/h1-12H,13-14H2. The Morgan fingerprint density at radius 2 is 1.80 bits per heavy atom. The molecule has 0 saturated carbocycles. The number of hydrogen-bond donors (Lipinski definition) is 0. The molecule has 0 aliphatic rings. The van der Waals surface area contributed by atoms with Crippen LogP contribution in [-0.2, 0) is 13.1 Å². The maximum Gasteiger partial charge on any atom is 0.254 e. The number of amides is 1. The van der Waals surface area contributed by atoms with Crippen LogP contribution >= 0.6 is 0 Å². The second-order valence-corrected chi connectivity index (χ2v) is 5.62. The molecular formula is C20H16F2N2O. The maximum atomic E-state index is 14.0. The van der Waals surface area contributed by atoms with Crippen LogP contribution in [0.2, 0.25) is 0 Å². The van der Waals surface area contributed by atoms with Gasteiger partial charge in [0.2, 0.25) is 0 Å². The average Bonchev–Trinajstić information content (AvgIpc) is 2.63. The van der Waals surface area contributed by atoms with Crippen LogP contribution in [-0.4, -0.2) is 15.8 Å². The van der Waals surface area contributed by atoms with Gasteiger partial charge in [0.05, 0.1) is 0 Å². The minimum atomic E-state index is -0.488.